The molecule has 0 aliphatic heterocycles. The van der Waals surface area contributed by atoms with Gasteiger partial charge in [0.25, 0.3) is 0 Å². The Hall–Kier alpha value is -0.940. The molecule has 0 saturated carbocycles. The molecule has 0 atom stereocenters. The van der Waals surface area contributed by atoms with Crippen LogP contribution in [-0.4, -0.2) is 12.4 Å². The number of hydrogen-bond acceptors (Lipinski definition) is 0. The van der Waals surface area contributed by atoms with Gasteiger partial charge in [0, 0.05) is 0 Å². The first-order chi connectivity index (χ1) is 5.69. The Morgan fingerprint density at radius 1 is 0.923 bits per heavy atom. The summed E-state index contributed by atoms with van der Waals surface area (Å²) >= 11 is 0. The molecule has 0 rings (SSSR count). The van der Waals surface area contributed by atoms with E-state index in [1.807, 2.05) is 0 Å². The summed E-state index contributed by atoms with van der Waals surface area (Å²) in [5.41, 5.74) is -2.50. The highest BCUT2D eigenvalue weighted by Crippen LogP contribution is 2.38. The van der Waals surface area contributed by atoms with Crippen LogP contribution in [0.5, 0.6) is 0 Å². The molecule has 0 aromatic heterocycles. The molecule has 13 heavy (non-hydrogen) atoms. The Labute approximate surface area is 70.5 Å². The summed E-state index contributed by atoms with van der Waals surface area (Å²) in [7, 11) is 0. The fourth-order valence-electron chi connectivity index (χ4n) is 0.542. The molecular weight excluding hydrogens is 198 g/mol. The second-order valence-electron chi connectivity index (χ2n) is 2.10. The van der Waals surface area contributed by atoms with Gasteiger partial charge in [-0.15, -0.1) is 0 Å². The van der Waals surface area contributed by atoms with E-state index in [1.165, 1.54) is 6.92 Å². The predicted molar refractivity (Wildman–Crippen MR) is 35.0 cm³/mol. The van der Waals surface area contributed by atoms with Crippen molar-refractivity contribution >= 4 is 0 Å². The quantitative estimate of drug-likeness (QED) is 0.452. The van der Waals surface area contributed by atoms with Crippen LogP contribution >= 0.6 is 0 Å². The van der Waals surface area contributed by atoms with Crippen molar-refractivity contribution in [3.63, 3.8) is 0 Å². The first kappa shape index (κ1) is 12.1. The van der Waals surface area contributed by atoms with Gasteiger partial charge in [0.1, 0.15) is 5.57 Å². The number of alkyl halides is 6. The number of allylic oxidation sites excluding steroid dienone is 4. The molecule has 0 fully saturated rings. The lowest BCUT2D eigenvalue weighted by Crippen LogP contribution is -2.25. The zero-order chi connectivity index (χ0) is 10.7. The van der Waals surface area contributed by atoms with Crippen LogP contribution in [0.15, 0.2) is 23.8 Å². The van der Waals surface area contributed by atoms with Gasteiger partial charge in [-0.1, -0.05) is 12.2 Å². The number of rotatable bonds is 1. The van der Waals surface area contributed by atoms with E-state index in [-0.39, 0.29) is 6.08 Å². The fraction of sp³-hybridized carbons (Fsp3) is 0.429. The van der Waals surface area contributed by atoms with Crippen LogP contribution < -0.4 is 0 Å². The highest BCUT2D eigenvalue weighted by atomic mass is 19.4. The maximum Gasteiger partial charge on any atom is 0.421 e. The summed E-state index contributed by atoms with van der Waals surface area (Å²) in [5, 5.41) is 0. The van der Waals surface area contributed by atoms with Crippen LogP contribution in [0.3, 0.4) is 0 Å². The zero-order valence-electron chi connectivity index (χ0n) is 6.50. The molecule has 0 spiro atoms. The topological polar surface area (TPSA) is 0 Å². The van der Waals surface area contributed by atoms with Crippen LogP contribution in [-0.2, 0) is 0 Å². The summed E-state index contributed by atoms with van der Waals surface area (Å²) in [6.07, 6.45) is -8.96. The lowest BCUT2D eigenvalue weighted by Gasteiger charge is -2.13. The van der Waals surface area contributed by atoms with Gasteiger partial charge < -0.3 is 0 Å². The van der Waals surface area contributed by atoms with Crippen LogP contribution in [0.2, 0.25) is 0 Å². The average Bonchev–Trinajstić information content (AvgIpc) is 1.81. The van der Waals surface area contributed by atoms with E-state index in [0.29, 0.717) is 6.08 Å². The van der Waals surface area contributed by atoms with E-state index >= 15 is 0 Å². The highest BCUT2D eigenvalue weighted by Gasteiger charge is 2.50. The molecule has 0 aliphatic carbocycles. The molecule has 0 radical (unpaired) electrons. The normalized spacial score (nSPS) is 13.5. The molecule has 0 bridgehead atoms. The van der Waals surface area contributed by atoms with Crippen molar-refractivity contribution in [3.8, 4) is 0 Å². The van der Waals surface area contributed by atoms with Crippen molar-refractivity contribution in [3.05, 3.63) is 23.8 Å². The molecule has 0 nitrogen and oxygen atoms in total. The van der Waals surface area contributed by atoms with E-state index in [1.54, 1.807) is 0 Å². The minimum absolute atomic E-state index is 0. The van der Waals surface area contributed by atoms with E-state index in [2.05, 4.69) is 0 Å². The highest BCUT2D eigenvalue weighted by molar-refractivity contribution is 5.21. The van der Waals surface area contributed by atoms with Gasteiger partial charge in [-0.25, -0.2) is 0 Å². The third-order valence-electron chi connectivity index (χ3n) is 1.07. The van der Waals surface area contributed by atoms with Crippen molar-refractivity contribution in [2.24, 2.45) is 0 Å². The van der Waals surface area contributed by atoms with Gasteiger partial charge in [-0.2, -0.15) is 26.3 Å². The second-order valence-corrected chi connectivity index (χ2v) is 2.10. The van der Waals surface area contributed by atoms with Crippen LogP contribution in [0, 0.1) is 0 Å². The van der Waals surface area contributed by atoms with E-state index in [0.717, 1.165) is 6.08 Å². The molecule has 0 saturated heterocycles. The van der Waals surface area contributed by atoms with Gasteiger partial charge >= 0.3 is 12.4 Å². The largest absolute Gasteiger partial charge is 0.421 e. The third-order valence-corrected chi connectivity index (χ3v) is 1.07. The Kier molecular flexibility index (Phi) is 3.57. The molecular formula is C7H6F6. The van der Waals surface area contributed by atoms with Crippen LogP contribution in [0.25, 0.3) is 0 Å². The smallest absolute Gasteiger partial charge is 0.166 e. The minimum Gasteiger partial charge on any atom is -0.166 e. The molecule has 0 aromatic carbocycles. The van der Waals surface area contributed by atoms with E-state index in [4.69, 9.17) is 0 Å². The number of hydrogen-bond donors (Lipinski definition) is 0. The second kappa shape index (κ2) is 3.85. The van der Waals surface area contributed by atoms with E-state index in [9.17, 15) is 26.3 Å². The molecule has 76 valence electrons. The first-order valence-corrected chi connectivity index (χ1v) is 3.17. The zero-order valence-corrected chi connectivity index (χ0v) is 6.50. The van der Waals surface area contributed by atoms with Gasteiger partial charge in [0.05, 0.1) is 0 Å². The molecule has 0 unspecified atom stereocenters. The fourth-order valence-corrected chi connectivity index (χ4v) is 0.542. The molecule has 0 amide bonds. The Morgan fingerprint density at radius 2 is 1.31 bits per heavy atom. The van der Waals surface area contributed by atoms with Gasteiger partial charge in [-0.05, 0) is 13.0 Å². The lowest BCUT2D eigenvalue weighted by atomic mass is 10.2. The standard InChI is InChI=1S/C7H6F6/c1-2-3-4-5(6(8,9)10)7(11,12)13/h2-4H,1H3/b3-2+. The first-order valence-electron chi connectivity index (χ1n) is 3.17. The summed E-state index contributed by atoms with van der Waals surface area (Å²) in [4.78, 5) is 0. The van der Waals surface area contributed by atoms with Crippen LogP contribution in [0.1, 0.15) is 6.92 Å². The molecule has 0 N–H and O–H groups in total. The monoisotopic (exact) mass is 204 g/mol. The van der Waals surface area contributed by atoms with Gasteiger partial charge in [0.15, 0.2) is 0 Å². The van der Waals surface area contributed by atoms with Crippen molar-refractivity contribution in [1.82, 2.24) is 0 Å². The SMILES string of the molecule is C/C=C/C=C(C(F)(F)F)C(F)(F)F. The molecule has 6 heteroatoms. The summed E-state index contributed by atoms with van der Waals surface area (Å²) in [6.45, 7) is 1.32. The predicted octanol–water partition coefficient (Wildman–Crippen LogP) is 3.61. The Morgan fingerprint density at radius 3 is 1.54 bits per heavy atom. The average molecular weight is 204 g/mol. The van der Waals surface area contributed by atoms with Crippen molar-refractivity contribution < 1.29 is 26.3 Å². The maximum atomic E-state index is 11.7. The Balaban J connectivity index is 5.00. The molecule has 0 heterocycles. The van der Waals surface area contributed by atoms with Gasteiger partial charge in [0.2, 0.25) is 0 Å². The molecule has 0 aliphatic rings. The molecule has 0 aromatic rings. The van der Waals surface area contributed by atoms with Crippen LogP contribution in [0.4, 0.5) is 26.3 Å². The van der Waals surface area contributed by atoms with Crippen molar-refractivity contribution in [2.45, 2.75) is 19.3 Å². The van der Waals surface area contributed by atoms with Gasteiger partial charge in [-0.3, -0.25) is 0 Å². The lowest BCUT2D eigenvalue weighted by molar-refractivity contribution is -0.171. The minimum atomic E-state index is -5.36. The van der Waals surface area contributed by atoms with Crippen molar-refractivity contribution in [2.75, 3.05) is 0 Å². The van der Waals surface area contributed by atoms with Crippen molar-refractivity contribution in [1.29, 1.82) is 0 Å². The summed E-state index contributed by atoms with van der Waals surface area (Å²) < 4.78 is 70.3. The summed E-state index contributed by atoms with van der Waals surface area (Å²) in [6, 6.07) is 0. The third kappa shape index (κ3) is 4.00. The summed E-state index contributed by atoms with van der Waals surface area (Å²) in [5.74, 6) is 0. The van der Waals surface area contributed by atoms with E-state index < -0.39 is 17.9 Å². The Bertz CT molecular complexity index is 200. The number of halogens is 6. The maximum absolute atomic E-state index is 11.7.